The number of oxime groups is 1. The second-order valence-electron chi connectivity index (χ2n) is 1.44. The Balaban J connectivity index is 3.61. The Morgan fingerprint density at radius 2 is 2.20 bits per heavy atom. The van der Waals surface area contributed by atoms with E-state index in [0.717, 1.165) is 0 Å². The van der Waals surface area contributed by atoms with E-state index < -0.39 is 6.09 Å². The maximum absolute atomic E-state index is 10.3. The molecule has 0 aromatic heterocycles. The van der Waals surface area contributed by atoms with Gasteiger partial charge in [-0.2, -0.15) is 0 Å². The van der Waals surface area contributed by atoms with Crippen LogP contribution in [0.4, 0.5) is 4.79 Å². The van der Waals surface area contributed by atoms with Crippen molar-refractivity contribution in [3.8, 4) is 0 Å². The molecule has 1 amide bonds. The molecule has 0 rings (SSSR count). The van der Waals surface area contributed by atoms with Crippen LogP contribution in [-0.4, -0.2) is 26.1 Å². The van der Waals surface area contributed by atoms with Gasteiger partial charge in [0.15, 0.2) is 0 Å². The molecule has 0 aliphatic carbocycles. The van der Waals surface area contributed by atoms with Crippen molar-refractivity contribution in [2.24, 2.45) is 5.16 Å². The van der Waals surface area contributed by atoms with Gasteiger partial charge in [0.25, 0.3) is 0 Å². The Bertz CT molecular complexity index is 144. The highest BCUT2D eigenvalue weighted by atomic mass is 16.7. The van der Waals surface area contributed by atoms with Gasteiger partial charge < -0.3 is 10.1 Å². The quantitative estimate of drug-likeness (QED) is 0.251. The molecule has 0 aliphatic heterocycles. The number of methoxy groups -OCH3 is 1. The Morgan fingerprint density at radius 1 is 1.60 bits per heavy atom. The fraction of sp³-hybridized carbons (Fsp3) is 0.600. The van der Waals surface area contributed by atoms with Crippen LogP contribution >= 0.6 is 0 Å². The summed E-state index contributed by atoms with van der Waals surface area (Å²) < 4.78 is 4.59. The van der Waals surface area contributed by atoms with Crippen molar-refractivity contribution >= 4 is 12.0 Å². The van der Waals surface area contributed by atoms with Gasteiger partial charge in [0, 0.05) is 14.0 Å². The SMILES string of the molecule is CNC(=O)O/N=C(\C)OC. The van der Waals surface area contributed by atoms with Gasteiger partial charge >= 0.3 is 6.09 Å². The minimum atomic E-state index is -0.614. The second kappa shape index (κ2) is 4.60. The summed E-state index contributed by atoms with van der Waals surface area (Å²) in [5, 5.41) is 5.52. The van der Waals surface area contributed by atoms with Crippen LogP contribution in [0.15, 0.2) is 5.16 Å². The van der Waals surface area contributed by atoms with E-state index in [-0.39, 0.29) is 0 Å². The second-order valence-corrected chi connectivity index (χ2v) is 1.44. The van der Waals surface area contributed by atoms with Crippen LogP contribution in [0, 0.1) is 0 Å². The fourth-order valence-electron chi connectivity index (χ4n) is 0.189. The van der Waals surface area contributed by atoms with Gasteiger partial charge in [-0.05, 0) is 5.16 Å². The van der Waals surface area contributed by atoms with Gasteiger partial charge in [-0.15, -0.1) is 0 Å². The highest BCUT2D eigenvalue weighted by molar-refractivity contribution is 5.74. The molecule has 0 spiro atoms. The molecule has 5 heteroatoms. The topological polar surface area (TPSA) is 59.9 Å². The van der Waals surface area contributed by atoms with E-state index in [1.807, 2.05) is 0 Å². The summed E-state index contributed by atoms with van der Waals surface area (Å²) in [6.07, 6.45) is -0.614. The standard InChI is InChI=1S/C5H10N2O3/c1-4(9-3)7-10-5(8)6-2/h1-3H3,(H,6,8)/b7-4+. The first-order valence-electron chi connectivity index (χ1n) is 2.68. The van der Waals surface area contributed by atoms with Gasteiger partial charge in [-0.1, -0.05) is 0 Å². The number of nitrogens with zero attached hydrogens (tertiary/aromatic N) is 1. The fourth-order valence-corrected chi connectivity index (χ4v) is 0.189. The zero-order chi connectivity index (χ0) is 7.98. The smallest absolute Gasteiger partial charge is 0.433 e. The van der Waals surface area contributed by atoms with E-state index in [9.17, 15) is 4.79 Å². The molecule has 0 atom stereocenters. The lowest BCUT2D eigenvalue weighted by Crippen LogP contribution is -2.17. The molecule has 0 radical (unpaired) electrons. The van der Waals surface area contributed by atoms with Crippen LogP contribution in [0.1, 0.15) is 6.92 Å². The average molecular weight is 146 g/mol. The lowest BCUT2D eigenvalue weighted by molar-refractivity contribution is 0.148. The number of carbonyl (C=O) groups is 1. The summed E-state index contributed by atoms with van der Waals surface area (Å²) in [6, 6.07) is 0. The number of hydrogen-bond donors (Lipinski definition) is 1. The Morgan fingerprint density at radius 3 is 2.60 bits per heavy atom. The predicted molar refractivity (Wildman–Crippen MR) is 35.7 cm³/mol. The molecule has 0 heterocycles. The summed E-state index contributed by atoms with van der Waals surface area (Å²) in [5.74, 6) is 0.295. The van der Waals surface area contributed by atoms with Crippen LogP contribution in [0.5, 0.6) is 0 Å². The van der Waals surface area contributed by atoms with Crippen LogP contribution < -0.4 is 5.32 Å². The molecule has 10 heavy (non-hydrogen) atoms. The van der Waals surface area contributed by atoms with Crippen molar-refractivity contribution in [3.05, 3.63) is 0 Å². The van der Waals surface area contributed by atoms with Crippen LogP contribution in [0.25, 0.3) is 0 Å². The summed E-state index contributed by atoms with van der Waals surface area (Å²) >= 11 is 0. The summed E-state index contributed by atoms with van der Waals surface area (Å²) in [5.41, 5.74) is 0. The normalized spacial score (nSPS) is 10.5. The molecule has 0 bridgehead atoms. The monoisotopic (exact) mass is 146 g/mol. The number of nitrogens with one attached hydrogen (secondary N) is 1. The van der Waals surface area contributed by atoms with E-state index in [2.05, 4.69) is 20.0 Å². The first kappa shape index (κ1) is 8.74. The molecule has 1 N–H and O–H groups in total. The molecule has 58 valence electrons. The maximum atomic E-state index is 10.3. The lowest BCUT2D eigenvalue weighted by atomic mass is 10.8. The first-order chi connectivity index (χ1) is 4.70. The van der Waals surface area contributed by atoms with Crippen molar-refractivity contribution in [3.63, 3.8) is 0 Å². The van der Waals surface area contributed by atoms with Crippen molar-refractivity contribution < 1.29 is 14.4 Å². The van der Waals surface area contributed by atoms with E-state index in [1.165, 1.54) is 14.2 Å². The molecule has 0 fully saturated rings. The Hall–Kier alpha value is -1.26. The third kappa shape index (κ3) is 3.71. The van der Waals surface area contributed by atoms with E-state index >= 15 is 0 Å². The van der Waals surface area contributed by atoms with Gasteiger partial charge in [0.1, 0.15) is 0 Å². The van der Waals surface area contributed by atoms with Crippen molar-refractivity contribution in [2.75, 3.05) is 14.2 Å². The maximum Gasteiger partial charge on any atom is 0.433 e. The van der Waals surface area contributed by atoms with Crippen molar-refractivity contribution in [1.29, 1.82) is 0 Å². The highest BCUT2D eigenvalue weighted by Crippen LogP contribution is 1.81. The molecule has 0 saturated heterocycles. The summed E-state index contributed by atoms with van der Waals surface area (Å²) in [6.45, 7) is 1.57. The predicted octanol–water partition coefficient (Wildman–Crippen LogP) is 0.322. The van der Waals surface area contributed by atoms with E-state index in [4.69, 9.17) is 0 Å². The highest BCUT2D eigenvalue weighted by Gasteiger charge is 1.95. The van der Waals surface area contributed by atoms with Gasteiger partial charge in [0.2, 0.25) is 5.90 Å². The largest absolute Gasteiger partial charge is 0.482 e. The van der Waals surface area contributed by atoms with E-state index in [1.54, 1.807) is 6.92 Å². The number of hydrogen-bond acceptors (Lipinski definition) is 4. The molecule has 0 aliphatic rings. The van der Waals surface area contributed by atoms with Crippen LogP contribution in [0.2, 0.25) is 0 Å². The lowest BCUT2D eigenvalue weighted by Gasteiger charge is -1.96. The zero-order valence-electron chi connectivity index (χ0n) is 6.17. The zero-order valence-corrected chi connectivity index (χ0v) is 6.17. The van der Waals surface area contributed by atoms with Crippen LogP contribution in [-0.2, 0) is 9.57 Å². The van der Waals surface area contributed by atoms with Crippen LogP contribution in [0.3, 0.4) is 0 Å². The average Bonchev–Trinajstić information content (AvgIpc) is 1.99. The number of amides is 1. The van der Waals surface area contributed by atoms with Crippen molar-refractivity contribution in [1.82, 2.24) is 5.32 Å². The Kier molecular flexibility index (Phi) is 4.02. The van der Waals surface area contributed by atoms with Crippen molar-refractivity contribution in [2.45, 2.75) is 6.92 Å². The molecule has 0 aromatic carbocycles. The number of ether oxygens (including phenoxy) is 1. The first-order valence-corrected chi connectivity index (χ1v) is 2.68. The van der Waals surface area contributed by atoms with E-state index in [0.29, 0.717) is 5.90 Å². The molecular formula is C5H10N2O3. The molecular weight excluding hydrogens is 136 g/mol. The molecule has 5 nitrogen and oxygen atoms in total. The summed E-state index contributed by atoms with van der Waals surface area (Å²) in [7, 11) is 2.88. The number of rotatable bonds is 1. The minimum absolute atomic E-state index is 0.295. The third-order valence-electron chi connectivity index (χ3n) is 0.757. The molecule has 0 aromatic rings. The Labute approximate surface area is 59.0 Å². The van der Waals surface area contributed by atoms with Gasteiger partial charge in [0.05, 0.1) is 7.11 Å². The third-order valence-corrected chi connectivity index (χ3v) is 0.757. The number of carbonyl (C=O) groups excluding carboxylic acids is 1. The van der Waals surface area contributed by atoms with Gasteiger partial charge in [-0.25, -0.2) is 4.79 Å². The summed E-state index contributed by atoms with van der Waals surface area (Å²) in [4.78, 5) is 14.6. The molecule has 0 saturated carbocycles. The molecule has 0 unspecified atom stereocenters. The van der Waals surface area contributed by atoms with Gasteiger partial charge in [-0.3, -0.25) is 4.84 Å². The minimum Gasteiger partial charge on any atom is -0.482 e.